The molecule has 1 amide bonds. The van der Waals surface area contributed by atoms with Gasteiger partial charge in [-0.2, -0.15) is 0 Å². The van der Waals surface area contributed by atoms with Gasteiger partial charge in [-0.3, -0.25) is 9.78 Å². The van der Waals surface area contributed by atoms with Crippen LogP contribution >= 0.6 is 0 Å². The molecule has 2 aliphatic heterocycles. The fraction of sp³-hybridized carbons (Fsp3) is 0.333. The molecule has 0 bridgehead atoms. The number of ether oxygens (including phenoxy) is 4. The van der Waals surface area contributed by atoms with Gasteiger partial charge in [0.2, 0.25) is 5.91 Å². The average Bonchev–Trinajstić information content (AvgIpc) is 3.19. The molecule has 1 fully saturated rings. The van der Waals surface area contributed by atoms with E-state index in [2.05, 4.69) is 11.1 Å². The van der Waals surface area contributed by atoms with Crippen molar-refractivity contribution < 1.29 is 23.7 Å². The van der Waals surface area contributed by atoms with Crippen LogP contribution < -0.4 is 14.2 Å². The summed E-state index contributed by atoms with van der Waals surface area (Å²) >= 11 is 0. The topological polar surface area (TPSA) is 70.1 Å². The predicted molar refractivity (Wildman–Crippen MR) is 142 cm³/mol. The van der Waals surface area contributed by atoms with E-state index in [1.54, 1.807) is 24.3 Å². The zero-order valence-corrected chi connectivity index (χ0v) is 21.1. The molecule has 7 nitrogen and oxygen atoms in total. The SMILES string of the molecule is COc1ccc(/C=C/C(=O)N2CCOc3c(cc(-c4cccnc4)cc3OC[C@H]3CCCCO3)C2)cc1. The zero-order chi connectivity index (χ0) is 25.5. The summed E-state index contributed by atoms with van der Waals surface area (Å²) in [6.07, 6.45) is 10.3. The number of fused-ring (bicyclic) bond motifs is 1. The van der Waals surface area contributed by atoms with Gasteiger partial charge >= 0.3 is 0 Å². The van der Waals surface area contributed by atoms with Gasteiger partial charge in [0, 0.05) is 42.7 Å². The summed E-state index contributed by atoms with van der Waals surface area (Å²) in [5.41, 5.74) is 3.79. The quantitative estimate of drug-likeness (QED) is 0.419. The smallest absolute Gasteiger partial charge is 0.246 e. The fourth-order valence-electron chi connectivity index (χ4n) is 4.59. The van der Waals surface area contributed by atoms with Crippen LogP contribution in [0.2, 0.25) is 0 Å². The summed E-state index contributed by atoms with van der Waals surface area (Å²) in [4.78, 5) is 19.2. The number of methoxy groups -OCH3 is 1. The molecule has 0 spiro atoms. The summed E-state index contributed by atoms with van der Waals surface area (Å²) in [6, 6.07) is 15.6. The molecule has 0 aliphatic carbocycles. The Kier molecular flexibility index (Phi) is 8.01. The number of nitrogens with zero attached hydrogens (tertiary/aromatic N) is 2. The fourth-order valence-corrected chi connectivity index (χ4v) is 4.59. The third-order valence-corrected chi connectivity index (χ3v) is 6.64. The molecule has 1 saturated heterocycles. The number of rotatable bonds is 7. The molecule has 3 heterocycles. The maximum absolute atomic E-state index is 13.1. The Labute approximate surface area is 217 Å². The summed E-state index contributed by atoms with van der Waals surface area (Å²) in [5, 5.41) is 0. The molecular formula is C30H32N2O5. The molecule has 0 N–H and O–H groups in total. The highest BCUT2D eigenvalue weighted by atomic mass is 16.5. The number of amides is 1. The Bertz CT molecular complexity index is 1220. The molecule has 1 aromatic heterocycles. The molecular weight excluding hydrogens is 468 g/mol. The largest absolute Gasteiger partial charge is 0.497 e. The van der Waals surface area contributed by atoms with Crippen LogP contribution in [0.4, 0.5) is 0 Å². The molecule has 0 saturated carbocycles. The normalized spacial score (nSPS) is 17.5. The standard InChI is InChI=1S/C30H32N2O5/c1-34-26-10-7-22(8-11-26)9-12-29(33)32-14-16-36-30-25(20-32)17-24(23-5-4-13-31-19-23)18-28(30)37-21-27-6-2-3-15-35-27/h4-5,7-13,17-19,27H,2-3,6,14-16,20-21H2,1H3/b12-9+/t27-/m1/s1. The van der Waals surface area contributed by atoms with Crippen molar-refractivity contribution in [1.82, 2.24) is 9.88 Å². The molecule has 7 heteroatoms. The maximum Gasteiger partial charge on any atom is 0.246 e. The summed E-state index contributed by atoms with van der Waals surface area (Å²) in [7, 11) is 1.63. The van der Waals surface area contributed by atoms with Crippen molar-refractivity contribution in [2.24, 2.45) is 0 Å². The lowest BCUT2D eigenvalue weighted by Crippen LogP contribution is -2.30. The van der Waals surface area contributed by atoms with Crippen LogP contribution in [0, 0.1) is 0 Å². The van der Waals surface area contributed by atoms with E-state index in [0.717, 1.165) is 53.9 Å². The highest BCUT2D eigenvalue weighted by Crippen LogP contribution is 2.39. The number of benzene rings is 2. The number of carbonyl (C=O) groups is 1. The van der Waals surface area contributed by atoms with E-state index in [1.807, 2.05) is 54.7 Å². The molecule has 5 rings (SSSR count). The Morgan fingerprint density at radius 3 is 2.78 bits per heavy atom. The van der Waals surface area contributed by atoms with E-state index in [4.69, 9.17) is 18.9 Å². The van der Waals surface area contributed by atoms with Gasteiger partial charge in [-0.05, 0) is 66.8 Å². The Balaban J connectivity index is 1.38. The molecule has 0 radical (unpaired) electrons. The van der Waals surface area contributed by atoms with Gasteiger partial charge < -0.3 is 23.8 Å². The molecule has 0 unspecified atom stereocenters. The van der Waals surface area contributed by atoms with Crippen molar-refractivity contribution >= 4 is 12.0 Å². The van der Waals surface area contributed by atoms with Crippen LogP contribution in [0.25, 0.3) is 17.2 Å². The van der Waals surface area contributed by atoms with Crippen molar-refractivity contribution in [2.75, 3.05) is 33.5 Å². The minimum atomic E-state index is -0.0721. The van der Waals surface area contributed by atoms with Gasteiger partial charge in [0.05, 0.1) is 19.8 Å². The number of hydrogen-bond acceptors (Lipinski definition) is 6. The van der Waals surface area contributed by atoms with E-state index in [1.165, 1.54) is 0 Å². The van der Waals surface area contributed by atoms with Crippen molar-refractivity contribution in [1.29, 1.82) is 0 Å². The van der Waals surface area contributed by atoms with Gasteiger partial charge in [-0.25, -0.2) is 0 Å². The Morgan fingerprint density at radius 2 is 2.03 bits per heavy atom. The summed E-state index contributed by atoms with van der Waals surface area (Å²) in [5.74, 6) is 2.07. The molecule has 1 atom stereocenters. The zero-order valence-electron chi connectivity index (χ0n) is 21.1. The second-order valence-corrected chi connectivity index (χ2v) is 9.22. The molecule has 192 valence electrons. The van der Waals surface area contributed by atoms with Crippen LogP contribution in [0.15, 0.2) is 67.0 Å². The second kappa shape index (κ2) is 11.9. The minimum absolute atomic E-state index is 0.0721. The first-order valence-corrected chi connectivity index (χ1v) is 12.7. The van der Waals surface area contributed by atoms with Crippen LogP contribution in [-0.4, -0.2) is 55.4 Å². The van der Waals surface area contributed by atoms with Gasteiger partial charge in [0.1, 0.15) is 19.0 Å². The van der Waals surface area contributed by atoms with E-state index >= 15 is 0 Å². The summed E-state index contributed by atoms with van der Waals surface area (Å²) in [6.45, 7) is 2.54. The van der Waals surface area contributed by atoms with E-state index in [9.17, 15) is 4.79 Å². The third-order valence-electron chi connectivity index (χ3n) is 6.64. The van der Waals surface area contributed by atoms with Crippen LogP contribution in [-0.2, 0) is 16.1 Å². The van der Waals surface area contributed by atoms with Crippen LogP contribution in [0.1, 0.15) is 30.4 Å². The molecule has 3 aromatic rings. The number of carbonyl (C=O) groups excluding carboxylic acids is 1. The highest BCUT2D eigenvalue weighted by Gasteiger charge is 2.24. The first-order chi connectivity index (χ1) is 18.2. The van der Waals surface area contributed by atoms with Crippen molar-refractivity contribution in [3.05, 3.63) is 78.1 Å². The molecule has 2 aromatic carbocycles. The van der Waals surface area contributed by atoms with E-state index in [0.29, 0.717) is 37.8 Å². The van der Waals surface area contributed by atoms with E-state index < -0.39 is 0 Å². The van der Waals surface area contributed by atoms with Gasteiger partial charge in [-0.1, -0.05) is 18.2 Å². The number of aromatic nitrogens is 1. The first kappa shape index (κ1) is 24.8. The minimum Gasteiger partial charge on any atom is -0.497 e. The predicted octanol–water partition coefficient (Wildman–Crippen LogP) is 5.14. The second-order valence-electron chi connectivity index (χ2n) is 9.22. The molecule has 2 aliphatic rings. The monoisotopic (exact) mass is 500 g/mol. The highest BCUT2D eigenvalue weighted by molar-refractivity contribution is 5.92. The maximum atomic E-state index is 13.1. The lowest BCUT2D eigenvalue weighted by Gasteiger charge is -2.24. The third kappa shape index (κ3) is 6.30. The lowest BCUT2D eigenvalue weighted by atomic mass is 10.0. The Morgan fingerprint density at radius 1 is 1.14 bits per heavy atom. The van der Waals surface area contributed by atoms with Gasteiger partial charge in [0.25, 0.3) is 0 Å². The van der Waals surface area contributed by atoms with Gasteiger partial charge in [0.15, 0.2) is 11.5 Å². The van der Waals surface area contributed by atoms with Crippen LogP contribution in [0.5, 0.6) is 17.2 Å². The van der Waals surface area contributed by atoms with Crippen LogP contribution in [0.3, 0.4) is 0 Å². The number of hydrogen-bond donors (Lipinski definition) is 0. The Hall–Kier alpha value is -3.84. The summed E-state index contributed by atoms with van der Waals surface area (Å²) < 4.78 is 23.5. The van der Waals surface area contributed by atoms with Crippen molar-refractivity contribution in [3.8, 4) is 28.4 Å². The van der Waals surface area contributed by atoms with Crippen molar-refractivity contribution in [2.45, 2.75) is 31.9 Å². The molecule has 37 heavy (non-hydrogen) atoms. The number of pyridine rings is 1. The van der Waals surface area contributed by atoms with Gasteiger partial charge in [-0.15, -0.1) is 0 Å². The first-order valence-electron chi connectivity index (χ1n) is 12.7. The lowest BCUT2D eigenvalue weighted by molar-refractivity contribution is -0.126. The average molecular weight is 501 g/mol. The van der Waals surface area contributed by atoms with E-state index in [-0.39, 0.29) is 12.0 Å². The van der Waals surface area contributed by atoms with Crippen molar-refractivity contribution in [3.63, 3.8) is 0 Å².